The number of rotatable bonds is 0. The largest absolute Gasteiger partial charge is 0.390 e. The summed E-state index contributed by atoms with van der Waals surface area (Å²) >= 11 is 0. The molecule has 2 nitrogen and oxygen atoms in total. The summed E-state index contributed by atoms with van der Waals surface area (Å²) < 4.78 is 0. The first-order valence-corrected chi connectivity index (χ1v) is 3.03. The average molecular weight is 136 g/mol. The van der Waals surface area contributed by atoms with Crippen molar-refractivity contribution in [1.29, 1.82) is 5.41 Å². The monoisotopic (exact) mass is 136 g/mol. The number of benzene rings is 1. The van der Waals surface area contributed by atoms with E-state index in [1.54, 1.807) is 0 Å². The lowest BCUT2D eigenvalue weighted by Gasteiger charge is -1.82. The van der Waals surface area contributed by atoms with Crippen molar-refractivity contribution < 1.29 is 0 Å². The lowest BCUT2D eigenvalue weighted by molar-refractivity contribution is 1.48. The molecule has 0 fully saturated rings. The van der Waals surface area contributed by atoms with Gasteiger partial charge in [0.2, 0.25) is 0 Å². The molecule has 0 atom stereocenters. The number of hydrogen-bond acceptors (Lipinski definition) is 1. The summed E-state index contributed by atoms with van der Waals surface area (Å²) in [5.74, 6) is 0. The normalized spacial score (nSPS) is 7.30. The highest BCUT2D eigenvalue weighted by Gasteiger charge is 1.72. The number of aryl methyl sites for hydroxylation is 1. The second-order valence-corrected chi connectivity index (χ2v) is 1.82. The summed E-state index contributed by atoms with van der Waals surface area (Å²) in [5.41, 5.74) is 5.71. The standard InChI is InChI=1S/C7H8.CH4N2/c1-7-5-3-2-4-6-7;2-1-3/h2-6H,1H3;1H,(H3,2,3). The van der Waals surface area contributed by atoms with Crippen LogP contribution < -0.4 is 5.73 Å². The van der Waals surface area contributed by atoms with Gasteiger partial charge in [0.25, 0.3) is 0 Å². The Kier molecular flexibility index (Phi) is 5.06. The fraction of sp³-hybridized carbons (Fsp3) is 0.125. The summed E-state index contributed by atoms with van der Waals surface area (Å²) in [5, 5.41) is 5.86. The van der Waals surface area contributed by atoms with Crippen LogP contribution in [0.1, 0.15) is 5.56 Å². The van der Waals surface area contributed by atoms with Crippen LogP contribution in [0.15, 0.2) is 30.3 Å². The average Bonchev–Trinajstić information content (AvgIpc) is 1.91. The van der Waals surface area contributed by atoms with Crippen molar-refractivity contribution in [1.82, 2.24) is 0 Å². The van der Waals surface area contributed by atoms with Gasteiger partial charge in [-0.1, -0.05) is 35.9 Å². The van der Waals surface area contributed by atoms with E-state index in [1.165, 1.54) is 5.56 Å². The smallest absolute Gasteiger partial charge is 0.0765 e. The molecule has 0 aromatic heterocycles. The molecule has 0 aliphatic rings. The molecule has 1 aromatic carbocycles. The van der Waals surface area contributed by atoms with Gasteiger partial charge in [0.1, 0.15) is 0 Å². The molecule has 0 aliphatic carbocycles. The molecule has 0 heterocycles. The van der Waals surface area contributed by atoms with Crippen molar-refractivity contribution in [2.45, 2.75) is 6.92 Å². The quantitative estimate of drug-likeness (QED) is 0.412. The highest BCUT2D eigenvalue weighted by molar-refractivity contribution is 5.46. The molecule has 0 amide bonds. The molecule has 0 spiro atoms. The van der Waals surface area contributed by atoms with Gasteiger partial charge in [-0.2, -0.15) is 0 Å². The van der Waals surface area contributed by atoms with Gasteiger partial charge in [-0.05, 0) is 6.92 Å². The first kappa shape index (κ1) is 8.69. The SMILES string of the molecule is Cc1ccccc1.N=CN. The Bertz CT molecular complexity index is 170. The third-order valence-corrected chi connectivity index (χ3v) is 0.940. The van der Waals surface area contributed by atoms with Crippen LogP contribution in [0.4, 0.5) is 0 Å². The van der Waals surface area contributed by atoms with Crippen LogP contribution in [-0.4, -0.2) is 6.34 Å². The van der Waals surface area contributed by atoms with E-state index in [-0.39, 0.29) is 0 Å². The third-order valence-electron chi connectivity index (χ3n) is 0.940. The fourth-order valence-electron chi connectivity index (χ4n) is 0.534. The summed E-state index contributed by atoms with van der Waals surface area (Å²) in [6.07, 6.45) is 0.750. The predicted octanol–water partition coefficient (Wildman–Crippen LogP) is 1.55. The zero-order chi connectivity index (χ0) is 7.82. The Morgan fingerprint density at radius 3 is 1.90 bits per heavy atom. The lowest BCUT2D eigenvalue weighted by atomic mass is 10.2. The lowest BCUT2D eigenvalue weighted by Crippen LogP contribution is -1.81. The van der Waals surface area contributed by atoms with E-state index in [4.69, 9.17) is 5.41 Å². The van der Waals surface area contributed by atoms with Gasteiger partial charge in [-0.15, -0.1) is 0 Å². The van der Waals surface area contributed by atoms with Crippen molar-refractivity contribution in [3.05, 3.63) is 35.9 Å². The molecule has 0 saturated carbocycles. The molecular weight excluding hydrogens is 124 g/mol. The Morgan fingerprint density at radius 2 is 1.70 bits per heavy atom. The van der Waals surface area contributed by atoms with Crippen LogP contribution in [0.3, 0.4) is 0 Å². The minimum Gasteiger partial charge on any atom is -0.390 e. The predicted molar refractivity (Wildman–Crippen MR) is 44.2 cm³/mol. The Hall–Kier alpha value is -1.31. The number of hydrogen-bond donors (Lipinski definition) is 2. The third kappa shape index (κ3) is 4.84. The molecule has 0 saturated heterocycles. The molecular formula is C8H12N2. The van der Waals surface area contributed by atoms with E-state index in [2.05, 4.69) is 24.8 Å². The van der Waals surface area contributed by atoms with Crippen molar-refractivity contribution >= 4 is 6.34 Å². The molecule has 0 unspecified atom stereocenters. The zero-order valence-corrected chi connectivity index (χ0v) is 6.04. The summed E-state index contributed by atoms with van der Waals surface area (Å²) in [7, 11) is 0. The van der Waals surface area contributed by atoms with Crippen molar-refractivity contribution in [3.63, 3.8) is 0 Å². The Morgan fingerprint density at radius 1 is 1.30 bits per heavy atom. The minimum absolute atomic E-state index is 0.750. The van der Waals surface area contributed by atoms with Crippen LogP contribution >= 0.6 is 0 Å². The molecule has 0 aliphatic heterocycles. The van der Waals surface area contributed by atoms with E-state index in [9.17, 15) is 0 Å². The molecule has 1 aromatic rings. The molecule has 2 heteroatoms. The maximum Gasteiger partial charge on any atom is 0.0765 e. The maximum absolute atomic E-state index is 5.86. The second kappa shape index (κ2) is 5.82. The number of nitrogens with one attached hydrogen (secondary N) is 1. The van der Waals surface area contributed by atoms with Crippen molar-refractivity contribution in [2.75, 3.05) is 0 Å². The number of nitrogens with two attached hydrogens (primary N) is 1. The van der Waals surface area contributed by atoms with E-state index in [1.807, 2.05) is 18.2 Å². The molecule has 54 valence electrons. The van der Waals surface area contributed by atoms with E-state index in [0.29, 0.717) is 0 Å². The second-order valence-electron chi connectivity index (χ2n) is 1.82. The molecule has 3 N–H and O–H groups in total. The van der Waals surface area contributed by atoms with E-state index < -0.39 is 0 Å². The fourth-order valence-corrected chi connectivity index (χ4v) is 0.534. The molecule has 10 heavy (non-hydrogen) atoms. The van der Waals surface area contributed by atoms with Gasteiger partial charge in [0.05, 0.1) is 6.34 Å². The van der Waals surface area contributed by atoms with Gasteiger partial charge < -0.3 is 5.73 Å². The Labute approximate surface area is 61.2 Å². The molecule has 0 bridgehead atoms. The zero-order valence-electron chi connectivity index (χ0n) is 6.04. The first-order chi connectivity index (χ1) is 4.81. The topological polar surface area (TPSA) is 49.9 Å². The molecule has 1 rings (SSSR count). The van der Waals surface area contributed by atoms with Crippen LogP contribution in [-0.2, 0) is 0 Å². The first-order valence-electron chi connectivity index (χ1n) is 3.03. The van der Waals surface area contributed by atoms with Crippen molar-refractivity contribution in [2.24, 2.45) is 5.73 Å². The molecule has 0 radical (unpaired) electrons. The van der Waals surface area contributed by atoms with E-state index in [0.717, 1.165) is 6.34 Å². The van der Waals surface area contributed by atoms with Gasteiger partial charge in [-0.3, -0.25) is 5.41 Å². The minimum atomic E-state index is 0.750. The van der Waals surface area contributed by atoms with Gasteiger partial charge in [0, 0.05) is 0 Å². The van der Waals surface area contributed by atoms with Crippen LogP contribution in [0.5, 0.6) is 0 Å². The van der Waals surface area contributed by atoms with Crippen LogP contribution in [0, 0.1) is 12.3 Å². The van der Waals surface area contributed by atoms with Crippen LogP contribution in [0.25, 0.3) is 0 Å². The van der Waals surface area contributed by atoms with Crippen LogP contribution in [0.2, 0.25) is 0 Å². The highest BCUT2D eigenvalue weighted by atomic mass is 14.6. The van der Waals surface area contributed by atoms with E-state index >= 15 is 0 Å². The van der Waals surface area contributed by atoms with Crippen molar-refractivity contribution in [3.8, 4) is 0 Å². The summed E-state index contributed by atoms with van der Waals surface area (Å²) in [6.45, 7) is 2.08. The Balaban J connectivity index is 0.000000236. The summed E-state index contributed by atoms with van der Waals surface area (Å²) in [6, 6.07) is 10.3. The van der Waals surface area contributed by atoms with Gasteiger partial charge in [-0.25, -0.2) is 0 Å². The van der Waals surface area contributed by atoms with Gasteiger partial charge in [0.15, 0.2) is 0 Å². The highest BCUT2D eigenvalue weighted by Crippen LogP contribution is 1.92. The summed E-state index contributed by atoms with van der Waals surface area (Å²) in [4.78, 5) is 0. The van der Waals surface area contributed by atoms with Gasteiger partial charge >= 0.3 is 0 Å². The maximum atomic E-state index is 5.86.